The molecule has 0 radical (unpaired) electrons. The van der Waals surface area contributed by atoms with Gasteiger partial charge in [-0.05, 0) is 6.92 Å². The second-order valence-electron chi connectivity index (χ2n) is 4.75. The minimum Gasteiger partial charge on any atom is -0.384 e. The van der Waals surface area contributed by atoms with Gasteiger partial charge in [0.25, 0.3) is 5.91 Å². The average molecular weight is 305 g/mol. The largest absolute Gasteiger partial charge is 0.384 e. The van der Waals surface area contributed by atoms with Crippen molar-refractivity contribution in [2.45, 2.75) is 13.0 Å². The van der Waals surface area contributed by atoms with Crippen LogP contribution in [0.3, 0.4) is 0 Å². The highest BCUT2D eigenvalue weighted by Crippen LogP contribution is 2.23. The van der Waals surface area contributed by atoms with Crippen LogP contribution >= 0.6 is 11.3 Å². The number of anilines is 1. The number of thiazole rings is 1. The molecular formula is C13H15N5O2S. The highest BCUT2D eigenvalue weighted by Gasteiger charge is 2.28. The van der Waals surface area contributed by atoms with E-state index >= 15 is 0 Å². The van der Waals surface area contributed by atoms with Gasteiger partial charge in [0.1, 0.15) is 23.4 Å². The Bertz CT molecular complexity index is 626. The van der Waals surface area contributed by atoms with Crippen LogP contribution in [0, 0.1) is 6.92 Å². The minimum absolute atomic E-state index is 0.0803. The number of morpholine rings is 1. The van der Waals surface area contributed by atoms with Gasteiger partial charge in [0.2, 0.25) is 0 Å². The third kappa shape index (κ3) is 3.01. The molecule has 3 heterocycles. The van der Waals surface area contributed by atoms with Crippen LogP contribution in [0.25, 0.3) is 0 Å². The van der Waals surface area contributed by atoms with Crippen molar-refractivity contribution >= 4 is 23.1 Å². The first-order valence-electron chi connectivity index (χ1n) is 6.53. The van der Waals surface area contributed by atoms with E-state index in [1.807, 2.05) is 0 Å². The molecule has 1 amide bonds. The van der Waals surface area contributed by atoms with E-state index in [1.165, 1.54) is 11.3 Å². The first kappa shape index (κ1) is 13.9. The molecule has 0 saturated carbocycles. The molecule has 21 heavy (non-hydrogen) atoms. The summed E-state index contributed by atoms with van der Waals surface area (Å²) in [6.07, 6.45) is -0.287. The van der Waals surface area contributed by atoms with Crippen molar-refractivity contribution < 1.29 is 9.53 Å². The molecule has 0 aromatic carbocycles. The predicted molar refractivity (Wildman–Crippen MR) is 77.9 cm³/mol. The zero-order chi connectivity index (χ0) is 14.8. The van der Waals surface area contributed by atoms with Gasteiger partial charge in [-0.2, -0.15) is 0 Å². The lowest BCUT2D eigenvalue weighted by molar-refractivity contribution is -0.0249. The van der Waals surface area contributed by atoms with Crippen LogP contribution in [0.5, 0.6) is 0 Å². The molecule has 2 N–H and O–H groups in total. The summed E-state index contributed by atoms with van der Waals surface area (Å²) in [5, 5.41) is 1.75. The van der Waals surface area contributed by atoms with E-state index in [9.17, 15) is 4.79 Å². The maximum atomic E-state index is 12.3. The number of amides is 1. The number of nitrogens with zero attached hydrogens (tertiary/aromatic N) is 4. The quantitative estimate of drug-likeness (QED) is 0.891. The van der Waals surface area contributed by atoms with Crippen LogP contribution in [0.1, 0.15) is 28.1 Å². The number of aromatic nitrogens is 3. The Morgan fingerprint density at radius 1 is 1.52 bits per heavy atom. The number of ether oxygens (including phenoxy) is 1. The van der Waals surface area contributed by atoms with E-state index in [1.54, 1.807) is 28.8 Å². The minimum atomic E-state index is -0.287. The Balaban J connectivity index is 1.78. The van der Waals surface area contributed by atoms with Gasteiger partial charge in [-0.1, -0.05) is 0 Å². The third-order valence-electron chi connectivity index (χ3n) is 3.21. The fraction of sp³-hybridized carbons (Fsp3) is 0.385. The van der Waals surface area contributed by atoms with Crippen molar-refractivity contribution in [1.29, 1.82) is 0 Å². The Labute approximate surface area is 125 Å². The zero-order valence-electron chi connectivity index (χ0n) is 11.5. The van der Waals surface area contributed by atoms with E-state index in [2.05, 4.69) is 15.0 Å². The maximum Gasteiger partial charge on any atom is 0.273 e. The molecule has 2 aromatic heterocycles. The number of aryl methyl sites for hydroxylation is 1. The summed E-state index contributed by atoms with van der Waals surface area (Å²) < 4.78 is 5.71. The Kier molecular flexibility index (Phi) is 3.80. The topological polar surface area (TPSA) is 94.2 Å². The molecule has 0 aliphatic carbocycles. The summed E-state index contributed by atoms with van der Waals surface area (Å²) in [5.41, 5.74) is 8.57. The van der Waals surface area contributed by atoms with Gasteiger partial charge in [-0.25, -0.2) is 15.0 Å². The van der Waals surface area contributed by atoms with Crippen LogP contribution in [0.4, 0.5) is 5.82 Å². The second-order valence-corrected chi connectivity index (χ2v) is 5.47. The second kappa shape index (κ2) is 5.74. The van der Waals surface area contributed by atoms with Gasteiger partial charge < -0.3 is 15.4 Å². The molecule has 7 nitrogen and oxygen atoms in total. The maximum absolute atomic E-state index is 12.3. The number of hydrogen-bond acceptors (Lipinski definition) is 7. The fourth-order valence-electron chi connectivity index (χ4n) is 2.27. The van der Waals surface area contributed by atoms with Crippen molar-refractivity contribution in [3.63, 3.8) is 0 Å². The monoisotopic (exact) mass is 305 g/mol. The molecular weight excluding hydrogens is 290 g/mol. The first-order valence-corrected chi connectivity index (χ1v) is 7.48. The average Bonchev–Trinajstić information content (AvgIpc) is 3.00. The highest BCUT2D eigenvalue weighted by atomic mass is 32.1. The molecule has 110 valence electrons. The number of nitrogen functional groups attached to an aromatic ring is 1. The van der Waals surface area contributed by atoms with Crippen molar-refractivity contribution in [1.82, 2.24) is 19.9 Å². The third-order valence-corrected chi connectivity index (χ3v) is 3.80. The van der Waals surface area contributed by atoms with Crippen LogP contribution in [-0.4, -0.2) is 45.5 Å². The summed E-state index contributed by atoms with van der Waals surface area (Å²) in [5.74, 6) is 0.920. The van der Waals surface area contributed by atoms with Crippen LogP contribution in [-0.2, 0) is 4.74 Å². The summed E-state index contributed by atoms with van der Waals surface area (Å²) in [4.78, 5) is 26.5. The summed E-state index contributed by atoms with van der Waals surface area (Å²) in [7, 11) is 0. The molecule has 1 fully saturated rings. The molecule has 0 unspecified atom stereocenters. The van der Waals surface area contributed by atoms with Crippen LogP contribution < -0.4 is 5.73 Å². The van der Waals surface area contributed by atoms with Crippen molar-refractivity contribution in [2.75, 3.05) is 25.4 Å². The zero-order valence-corrected chi connectivity index (χ0v) is 12.3. The highest BCUT2D eigenvalue weighted by molar-refractivity contribution is 7.07. The molecule has 2 aromatic rings. The molecule has 0 spiro atoms. The molecule has 1 aliphatic rings. The van der Waals surface area contributed by atoms with E-state index < -0.39 is 0 Å². The van der Waals surface area contributed by atoms with Gasteiger partial charge in [-0.15, -0.1) is 11.3 Å². The Morgan fingerprint density at radius 3 is 3.10 bits per heavy atom. The smallest absolute Gasteiger partial charge is 0.273 e. The van der Waals surface area contributed by atoms with Crippen molar-refractivity contribution in [3.8, 4) is 0 Å². The lowest BCUT2D eigenvalue weighted by Crippen LogP contribution is -2.42. The molecule has 0 bridgehead atoms. The molecule has 3 rings (SSSR count). The standard InChI is InChI=1S/C13H15N5O2S/c1-8-16-9(4-12(14)17-8)11-5-18(2-3-20-11)13(19)10-6-21-7-15-10/h4,6-7,11H,2-3,5H2,1H3,(H2,14,16,17)/t11-/m0/s1. The molecule has 1 atom stereocenters. The number of rotatable bonds is 2. The van der Waals surface area contributed by atoms with Gasteiger partial charge in [0, 0.05) is 18.0 Å². The Morgan fingerprint density at radius 2 is 2.38 bits per heavy atom. The number of carbonyl (C=O) groups excluding carboxylic acids is 1. The van der Waals surface area contributed by atoms with E-state index in [0.29, 0.717) is 42.7 Å². The summed E-state index contributed by atoms with van der Waals surface area (Å²) in [6.45, 7) is 3.23. The van der Waals surface area contributed by atoms with Crippen LogP contribution in [0.2, 0.25) is 0 Å². The van der Waals surface area contributed by atoms with Gasteiger partial charge in [0.05, 0.1) is 24.4 Å². The van der Waals surface area contributed by atoms with E-state index in [0.717, 1.165) is 0 Å². The SMILES string of the molecule is Cc1nc(N)cc([C@@H]2CN(C(=O)c3cscn3)CCO2)n1. The molecule has 8 heteroatoms. The first-order chi connectivity index (χ1) is 10.1. The molecule has 1 aliphatic heterocycles. The lowest BCUT2D eigenvalue weighted by atomic mass is 10.2. The van der Waals surface area contributed by atoms with E-state index in [-0.39, 0.29) is 12.0 Å². The summed E-state index contributed by atoms with van der Waals surface area (Å²) >= 11 is 1.41. The van der Waals surface area contributed by atoms with Crippen molar-refractivity contribution in [3.05, 3.63) is 34.2 Å². The number of hydrogen-bond donors (Lipinski definition) is 1. The van der Waals surface area contributed by atoms with Gasteiger partial charge in [0.15, 0.2) is 0 Å². The van der Waals surface area contributed by atoms with Gasteiger partial charge in [-0.3, -0.25) is 4.79 Å². The van der Waals surface area contributed by atoms with Gasteiger partial charge >= 0.3 is 0 Å². The summed E-state index contributed by atoms with van der Waals surface area (Å²) in [6, 6.07) is 1.69. The Hall–Kier alpha value is -2.06. The van der Waals surface area contributed by atoms with Crippen LogP contribution in [0.15, 0.2) is 17.0 Å². The van der Waals surface area contributed by atoms with Crippen molar-refractivity contribution in [2.24, 2.45) is 0 Å². The van der Waals surface area contributed by atoms with E-state index in [4.69, 9.17) is 10.5 Å². The normalized spacial score (nSPS) is 18.7. The number of carbonyl (C=O) groups is 1. The number of nitrogens with two attached hydrogens (primary N) is 1. The lowest BCUT2D eigenvalue weighted by Gasteiger charge is -2.32. The predicted octanol–water partition coefficient (Wildman–Crippen LogP) is 1.04. The fourth-order valence-corrected chi connectivity index (χ4v) is 2.80. The molecule has 1 saturated heterocycles.